The van der Waals surface area contributed by atoms with Crippen LogP contribution in [0.25, 0.3) is 21.9 Å². The van der Waals surface area contributed by atoms with Gasteiger partial charge in [0.25, 0.3) is 0 Å². The third kappa shape index (κ3) is 4.63. The van der Waals surface area contributed by atoms with Crippen LogP contribution in [0.5, 0.6) is 11.5 Å². The van der Waals surface area contributed by atoms with Gasteiger partial charge in [-0.2, -0.15) is 0 Å². The van der Waals surface area contributed by atoms with Crippen molar-refractivity contribution >= 4 is 27.8 Å². The third-order valence-corrected chi connectivity index (χ3v) is 6.73. The Morgan fingerprint density at radius 2 is 1.54 bits per heavy atom. The van der Waals surface area contributed by atoms with E-state index >= 15 is 0 Å². The van der Waals surface area contributed by atoms with E-state index in [1.165, 1.54) is 0 Å². The average molecular weight is 478 g/mol. The van der Waals surface area contributed by atoms with Gasteiger partial charge in [0.2, 0.25) is 5.91 Å². The van der Waals surface area contributed by atoms with Crippen molar-refractivity contribution in [1.82, 2.24) is 5.32 Å². The summed E-state index contributed by atoms with van der Waals surface area (Å²) in [6, 6.07) is 7.71. The maximum atomic E-state index is 12.8. The topological polar surface area (TPSA) is 90.9 Å². The highest BCUT2D eigenvalue weighted by atomic mass is 16.5. The van der Waals surface area contributed by atoms with Gasteiger partial charge in [-0.1, -0.05) is 6.07 Å². The molecule has 0 spiro atoms. The molecule has 2 aromatic carbocycles. The number of nitrogens with one attached hydrogen (secondary N) is 1. The number of aryl methyl sites for hydroxylation is 4. The van der Waals surface area contributed by atoms with Gasteiger partial charge in [-0.15, -0.1) is 0 Å². The summed E-state index contributed by atoms with van der Waals surface area (Å²) in [5.41, 5.74) is 5.17. The molecule has 2 heterocycles. The summed E-state index contributed by atoms with van der Waals surface area (Å²) in [6.07, 6.45) is 1.17. The fourth-order valence-electron chi connectivity index (χ4n) is 4.49. The summed E-state index contributed by atoms with van der Waals surface area (Å²) in [5.74, 6) is 2.06. The molecule has 0 aliphatic rings. The molecule has 7 heteroatoms. The lowest BCUT2D eigenvalue weighted by molar-refractivity contribution is -0.121. The van der Waals surface area contributed by atoms with Crippen LogP contribution in [0.3, 0.4) is 0 Å². The Morgan fingerprint density at radius 3 is 2.26 bits per heavy atom. The molecule has 2 aromatic heterocycles. The first-order valence-electron chi connectivity index (χ1n) is 11.7. The number of methoxy groups -OCH3 is 2. The van der Waals surface area contributed by atoms with E-state index < -0.39 is 5.63 Å². The lowest BCUT2D eigenvalue weighted by Crippen LogP contribution is -2.26. The number of rotatable bonds is 8. The fourth-order valence-corrected chi connectivity index (χ4v) is 4.49. The van der Waals surface area contributed by atoms with Crippen LogP contribution in [0.1, 0.15) is 40.0 Å². The second-order valence-corrected chi connectivity index (χ2v) is 8.82. The maximum Gasteiger partial charge on any atom is 0.339 e. The summed E-state index contributed by atoms with van der Waals surface area (Å²) in [7, 11) is 3.19. The molecule has 184 valence electrons. The number of hydrogen-bond donors (Lipinski definition) is 1. The summed E-state index contributed by atoms with van der Waals surface area (Å²) in [5, 5.41) is 4.83. The van der Waals surface area contributed by atoms with Crippen molar-refractivity contribution in [3.05, 3.63) is 68.3 Å². The average Bonchev–Trinajstić information content (AvgIpc) is 3.13. The Hall–Kier alpha value is -3.74. The molecule has 4 rings (SSSR count). The van der Waals surface area contributed by atoms with E-state index in [0.717, 1.165) is 44.4 Å². The molecule has 0 unspecified atom stereocenters. The summed E-state index contributed by atoms with van der Waals surface area (Å²) >= 11 is 0. The van der Waals surface area contributed by atoms with E-state index in [1.54, 1.807) is 14.2 Å². The standard InChI is InChI=1S/C28H31NO6/c1-15-18(4)34-26-17(3)27-22(14-21(15)26)16(2)20(28(31)35-27)8-10-25(30)29-12-11-19-7-9-23(32-5)24(13-19)33-6/h7,9,13-14H,8,10-12H2,1-6H3,(H,29,30). The highest BCUT2D eigenvalue weighted by Crippen LogP contribution is 2.34. The molecule has 1 N–H and O–H groups in total. The first-order chi connectivity index (χ1) is 16.7. The van der Waals surface area contributed by atoms with Crippen LogP contribution in [-0.4, -0.2) is 26.7 Å². The first-order valence-corrected chi connectivity index (χ1v) is 11.7. The molecule has 0 saturated carbocycles. The lowest BCUT2D eigenvalue weighted by Gasteiger charge is -2.11. The van der Waals surface area contributed by atoms with E-state index in [0.29, 0.717) is 42.0 Å². The number of carbonyl (C=O) groups is 1. The van der Waals surface area contributed by atoms with Gasteiger partial charge in [-0.25, -0.2) is 4.79 Å². The van der Waals surface area contributed by atoms with Crippen LogP contribution in [0.2, 0.25) is 0 Å². The van der Waals surface area contributed by atoms with Crippen LogP contribution in [0.15, 0.2) is 37.9 Å². The number of benzene rings is 2. The number of fused-ring (bicyclic) bond motifs is 2. The Kier molecular flexibility index (Phi) is 6.87. The largest absolute Gasteiger partial charge is 0.493 e. The second-order valence-electron chi connectivity index (χ2n) is 8.82. The fraction of sp³-hybridized carbons (Fsp3) is 0.357. The Morgan fingerprint density at radius 1 is 0.857 bits per heavy atom. The molecule has 0 atom stereocenters. The van der Waals surface area contributed by atoms with Crippen molar-refractivity contribution in [1.29, 1.82) is 0 Å². The highest BCUT2D eigenvalue weighted by molar-refractivity contribution is 6.00. The van der Waals surface area contributed by atoms with Gasteiger partial charge in [0, 0.05) is 34.9 Å². The number of carbonyl (C=O) groups excluding carboxylic acids is 1. The summed E-state index contributed by atoms with van der Waals surface area (Å²) < 4.78 is 22.2. The van der Waals surface area contributed by atoms with Crippen LogP contribution < -0.4 is 20.4 Å². The Balaban J connectivity index is 1.46. The predicted molar refractivity (Wildman–Crippen MR) is 136 cm³/mol. The molecule has 35 heavy (non-hydrogen) atoms. The zero-order chi connectivity index (χ0) is 25.3. The lowest BCUT2D eigenvalue weighted by atomic mass is 9.98. The molecule has 7 nitrogen and oxygen atoms in total. The molecule has 0 radical (unpaired) electrons. The molecule has 0 bridgehead atoms. The number of amides is 1. The maximum absolute atomic E-state index is 12.8. The first kappa shape index (κ1) is 24.4. The van der Waals surface area contributed by atoms with Crippen LogP contribution in [0.4, 0.5) is 0 Å². The quantitative estimate of drug-likeness (QED) is 0.356. The minimum Gasteiger partial charge on any atom is -0.493 e. The van der Waals surface area contributed by atoms with Crippen molar-refractivity contribution in [3.8, 4) is 11.5 Å². The summed E-state index contributed by atoms with van der Waals surface area (Å²) in [4.78, 5) is 25.3. The van der Waals surface area contributed by atoms with E-state index in [9.17, 15) is 9.59 Å². The molecular formula is C28H31NO6. The Bertz CT molecular complexity index is 1480. The van der Waals surface area contributed by atoms with Crippen molar-refractivity contribution in [2.45, 2.75) is 47.0 Å². The minimum atomic E-state index is -0.407. The Labute approximate surface area is 204 Å². The van der Waals surface area contributed by atoms with Crippen molar-refractivity contribution in [2.24, 2.45) is 0 Å². The number of hydrogen-bond acceptors (Lipinski definition) is 6. The molecule has 0 aliphatic heterocycles. The number of furan rings is 1. The van der Waals surface area contributed by atoms with Gasteiger partial charge in [0.1, 0.15) is 16.9 Å². The van der Waals surface area contributed by atoms with Gasteiger partial charge in [-0.05, 0) is 75.4 Å². The highest BCUT2D eigenvalue weighted by Gasteiger charge is 2.19. The van der Waals surface area contributed by atoms with Crippen molar-refractivity contribution < 1.29 is 23.1 Å². The van der Waals surface area contributed by atoms with Gasteiger partial charge in [0.05, 0.1) is 14.2 Å². The van der Waals surface area contributed by atoms with E-state index in [2.05, 4.69) is 5.32 Å². The predicted octanol–water partition coefficient (Wildman–Crippen LogP) is 5.08. The zero-order valence-electron chi connectivity index (χ0n) is 21.1. The number of ether oxygens (including phenoxy) is 2. The third-order valence-electron chi connectivity index (χ3n) is 6.73. The summed E-state index contributed by atoms with van der Waals surface area (Å²) in [6.45, 7) is 8.25. The van der Waals surface area contributed by atoms with Gasteiger partial charge < -0.3 is 23.6 Å². The van der Waals surface area contributed by atoms with Gasteiger partial charge >= 0.3 is 5.63 Å². The van der Waals surface area contributed by atoms with Crippen molar-refractivity contribution in [3.63, 3.8) is 0 Å². The van der Waals surface area contributed by atoms with E-state index in [4.69, 9.17) is 18.3 Å². The van der Waals surface area contributed by atoms with E-state index in [-0.39, 0.29) is 12.3 Å². The second kappa shape index (κ2) is 9.86. The smallest absolute Gasteiger partial charge is 0.339 e. The normalized spacial score (nSPS) is 11.3. The van der Waals surface area contributed by atoms with Gasteiger partial charge in [-0.3, -0.25) is 4.79 Å². The SMILES string of the molecule is COc1ccc(CCNC(=O)CCc2c(C)c3cc4c(C)c(C)oc4c(C)c3oc2=O)cc1OC. The molecule has 0 saturated heterocycles. The molecular weight excluding hydrogens is 446 g/mol. The van der Waals surface area contributed by atoms with Gasteiger partial charge in [0.15, 0.2) is 11.5 Å². The van der Waals surface area contributed by atoms with Crippen LogP contribution >= 0.6 is 0 Å². The monoisotopic (exact) mass is 477 g/mol. The minimum absolute atomic E-state index is 0.114. The zero-order valence-corrected chi connectivity index (χ0v) is 21.1. The molecule has 4 aromatic rings. The van der Waals surface area contributed by atoms with Crippen LogP contribution in [0, 0.1) is 27.7 Å². The molecule has 1 amide bonds. The molecule has 0 aliphatic carbocycles. The van der Waals surface area contributed by atoms with E-state index in [1.807, 2.05) is 52.0 Å². The van der Waals surface area contributed by atoms with Crippen LogP contribution in [-0.2, 0) is 17.6 Å². The van der Waals surface area contributed by atoms with Crippen molar-refractivity contribution in [2.75, 3.05) is 20.8 Å². The molecule has 0 fully saturated rings.